The molecule has 154 valence electrons. The molecule has 1 saturated heterocycles. The summed E-state index contributed by atoms with van der Waals surface area (Å²) in [6.45, 7) is 3.71. The van der Waals surface area contributed by atoms with E-state index in [1.807, 2.05) is 11.8 Å². The second-order valence-electron chi connectivity index (χ2n) is 7.87. The smallest absolute Gasteiger partial charge is 0.409 e. The first-order valence-electron chi connectivity index (χ1n) is 10.8. The van der Waals surface area contributed by atoms with Gasteiger partial charge in [-0.2, -0.15) is 0 Å². The summed E-state index contributed by atoms with van der Waals surface area (Å²) in [4.78, 5) is 14.1. The quantitative estimate of drug-likeness (QED) is 0.501. The van der Waals surface area contributed by atoms with Crippen LogP contribution in [-0.4, -0.2) is 30.7 Å². The first-order chi connectivity index (χ1) is 14.8. The number of hydrogen-bond donors (Lipinski definition) is 0. The van der Waals surface area contributed by atoms with Crippen LogP contribution in [0.1, 0.15) is 36.5 Å². The molecule has 0 saturated carbocycles. The maximum atomic E-state index is 12.3. The third kappa shape index (κ3) is 3.72. The fraction of sp³-hybridized carbons (Fsp3) is 0.296. The molecule has 0 atom stereocenters. The first-order valence-corrected chi connectivity index (χ1v) is 10.8. The van der Waals surface area contributed by atoms with E-state index in [9.17, 15) is 4.79 Å². The Morgan fingerprint density at radius 1 is 0.800 bits per heavy atom. The normalized spacial score (nSPS) is 15.0. The summed E-state index contributed by atoms with van der Waals surface area (Å²) < 4.78 is 5.24. The highest BCUT2D eigenvalue weighted by Crippen LogP contribution is 2.48. The lowest BCUT2D eigenvalue weighted by molar-refractivity contribution is 0.0860. The van der Waals surface area contributed by atoms with Crippen molar-refractivity contribution in [2.45, 2.75) is 25.2 Å². The maximum Gasteiger partial charge on any atom is 0.409 e. The molecule has 3 nitrogen and oxygen atoms in total. The average Bonchev–Trinajstić information content (AvgIpc) is 2.82. The van der Waals surface area contributed by atoms with Gasteiger partial charge in [0, 0.05) is 18.5 Å². The van der Waals surface area contributed by atoms with Gasteiger partial charge >= 0.3 is 6.09 Å². The number of likely N-dealkylation sites (tertiary alicyclic amines) is 1. The van der Waals surface area contributed by atoms with Crippen LogP contribution in [0, 0.1) is 5.92 Å². The molecule has 0 spiro atoms. The van der Waals surface area contributed by atoms with Crippen molar-refractivity contribution in [2.75, 3.05) is 19.7 Å². The van der Waals surface area contributed by atoms with Crippen LogP contribution in [0.3, 0.4) is 0 Å². The van der Waals surface area contributed by atoms with E-state index >= 15 is 0 Å². The van der Waals surface area contributed by atoms with E-state index < -0.39 is 0 Å². The van der Waals surface area contributed by atoms with E-state index in [1.165, 1.54) is 16.7 Å². The van der Waals surface area contributed by atoms with Crippen molar-refractivity contribution in [1.82, 2.24) is 4.90 Å². The molecule has 1 heterocycles. The first kappa shape index (κ1) is 20.2. The number of nitrogens with zero attached hydrogens (tertiary/aromatic N) is 1. The van der Waals surface area contributed by atoms with Crippen molar-refractivity contribution in [2.24, 2.45) is 5.92 Å². The molecule has 0 bridgehead atoms. The van der Waals surface area contributed by atoms with Gasteiger partial charge in [-0.25, -0.2) is 4.79 Å². The molecule has 1 fully saturated rings. The highest BCUT2D eigenvalue weighted by atomic mass is 16.6. The molecule has 4 rings (SSSR count). The number of carbonyl (C=O) groups excluding carboxylic acids is 1. The second-order valence-corrected chi connectivity index (χ2v) is 7.87. The lowest BCUT2D eigenvalue weighted by atomic mass is 9.59. The summed E-state index contributed by atoms with van der Waals surface area (Å²) >= 11 is 0. The average molecular weight is 400 g/mol. The second kappa shape index (κ2) is 9.17. The number of amides is 1. The molecule has 1 aliphatic heterocycles. The summed E-state index contributed by atoms with van der Waals surface area (Å²) in [7, 11) is 0. The molecule has 3 aromatic rings. The topological polar surface area (TPSA) is 29.5 Å². The van der Waals surface area contributed by atoms with Crippen LogP contribution in [0.5, 0.6) is 0 Å². The summed E-state index contributed by atoms with van der Waals surface area (Å²) in [5.41, 5.74) is 3.65. The number of rotatable bonds is 5. The Kier molecular flexibility index (Phi) is 6.18. The predicted molar refractivity (Wildman–Crippen MR) is 121 cm³/mol. The third-order valence-electron chi connectivity index (χ3n) is 6.32. The van der Waals surface area contributed by atoms with Crippen LogP contribution >= 0.6 is 0 Å². The highest BCUT2D eigenvalue weighted by Gasteiger charge is 2.45. The minimum Gasteiger partial charge on any atom is -0.450 e. The molecule has 0 aromatic heterocycles. The zero-order chi connectivity index (χ0) is 20.8. The molecule has 30 heavy (non-hydrogen) atoms. The molecular weight excluding hydrogens is 370 g/mol. The van der Waals surface area contributed by atoms with Gasteiger partial charge in [0.2, 0.25) is 0 Å². The number of carbonyl (C=O) groups is 1. The van der Waals surface area contributed by atoms with Crippen molar-refractivity contribution in [3.8, 4) is 0 Å². The van der Waals surface area contributed by atoms with E-state index in [0.717, 1.165) is 25.9 Å². The molecule has 0 unspecified atom stereocenters. The molecule has 3 heteroatoms. The van der Waals surface area contributed by atoms with Gasteiger partial charge in [0.05, 0.1) is 6.61 Å². The van der Waals surface area contributed by atoms with Crippen LogP contribution < -0.4 is 0 Å². The fourth-order valence-electron chi connectivity index (χ4n) is 5.02. The molecule has 3 aromatic carbocycles. The maximum absolute atomic E-state index is 12.3. The van der Waals surface area contributed by atoms with Crippen LogP contribution in [0.15, 0.2) is 91.0 Å². The summed E-state index contributed by atoms with van der Waals surface area (Å²) in [5, 5.41) is 0. The van der Waals surface area contributed by atoms with Gasteiger partial charge < -0.3 is 9.64 Å². The number of hydrogen-bond acceptors (Lipinski definition) is 2. The highest BCUT2D eigenvalue weighted by molar-refractivity contribution is 5.67. The Hall–Kier alpha value is -3.07. The number of benzene rings is 3. The van der Waals surface area contributed by atoms with E-state index in [-0.39, 0.29) is 11.5 Å². The third-order valence-corrected chi connectivity index (χ3v) is 6.32. The van der Waals surface area contributed by atoms with Crippen molar-refractivity contribution < 1.29 is 9.53 Å². The Morgan fingerprint density at radius 3 is 1.57 bits per heavy atom. The lowest BCUT2D eigenvalue weighted by Gasteiger charge is -2.46. The molecule has 1 aliphatic rings. The van der Waals surface area contributed by atoms with Gasteiger partial charge in [-0.1, -0.05) is 91.0 Å². The molecule has 0 radical (unpaired) electrons. The van der Waals surface area contributed by atoms with Gasteiger partial charge in [-0.05, 0) is 42.4 Å². The summed E-state index contributed by atoms with van der Waals surface area (Å²) in [5.74, 6) is 0.371. The lowest BCUT2D eigenvalue weighted by Crippen LogP contribution is -2.46. The van der Waals surface area contributed by atoms with Gasteiger partial charge in [-0.3, -0.25) is 0 Å². The Morgan fingerprint density at radius 2 is 1.20 bits per heavy atom. The monoisotopic (exact) mass is 399 g/mol. The van der Waals surface area contributed by atoms with Gasteiger partial charge in [0.15, 0.2) is 0 Å². The molecule has 0 N–H and O–H groups in total. The molecule has 1 amide bonds. The number of piperidine rings is 1. The zero-order valence-corrected chi connectivity index (χ0v) is 17.5. The Bertz CT molecular complexity index is 836. The van der Waals surface area contributed by atoms with E-state index in [2.05, 4.69) is 91.0 Å². The number of ether oxygens (including phenoxy) is 1. The van der Waals surface area contributed by atoms with Crippen LogP contribution in [0.4, 0.5) is 4.79 Å². The standard InChI is InChI=1S/C27H29NO2/c1-2-30-26(29)28-20-18-25(19-21-28)27(22-12-6-3-7-13-22,23-14-8-4-9-15-23)24-16-10-5-11-17-24/h3-17,25H,2,18-21H2,1H3. The molecule has 0 aliphatic carbocycles. The fourth-order valence-corrected chi connectivity index (χ4v) is 5.02. The van der Waals surface area contributed by atoms with Crippen molar-refractivity contribution >= 4 is 6.09 Å². The Balaban J connectivity index is 1.81. The van der Waals surface area contributed by atoms with E-state index in [0.29, 0.717) is 12.5 Å². The zero-order valence-electron chi connectivity index (χ0n) is 17.5. The van der Waals surface area contributed by atoms with E-state index in [1.54, 1.807) is 0 Å². The SMILES string of the molecule is CCOC(=O)N1CCC(C(c2ccccc2)(c2ccccc2)c2ccccc2)CC1. The van der Waals surface area contributed by atoms with Gasteiger partial charge in [-0.15, -0.1) is 0 Å². The van der Waals surface area contributed by atoms with Crippen molar-refractivity contribution in [3.63, 3.8) is 0 Å². The van der Waals surface area contributed by atoms with E-state index in [4.69, 9.17) is 4.74 Å². The van der Waals surface area contributed by atoms with Crippen LogP contribution in [0.25, 0.3) is 0 Å². The largest absolute Gasteiger partial charge is 0.450 e. The van der Waals surface area contributed by atoms with Crippen molar-refractivity contribution in [1.29, 1.82) is 0 Å². The van der Waals surface area contributed by atoms with Gasteiger partial charge in [0.1, 0.15) is 0 Å². The minimum absolute atomic E-state index is 0.194. The van der Waals surface area contributed by atoms with Gasteiger partial charge in [0.25, 0.3) is 0 Å². The summed E-state index contributed by atoms with van der Waals surface area (Å²) in [6, 6.07) is 32.5. The molecular formula is C27H29NO2. The van der Waals surface area contributed by atoms with Crippen molar-refractivity contribution in [3.05, 3.63) is 108 Å². The summed E-state index contributed by atoms with van der Waals surface area (Å²) in [6.07, 6.45) is 1.66. The Labute approximate surface area is 179 Å². The van der Waals surface area contributed by atoms with Crippen LogP contribution in [-0.2, 0) is 10.2 Å². The van der Waals surface area contributed by atoms with Crippen LogP contribution in [0.2, 0.25) is 0 Å². The predicted octanol–water partition coefficient (Wildman–Crippen LogP) is 5.89. The minimum atomic E-state index is -0.259.